The Kier molecular flexibility index (Phi) is 8.08. The fourth-order valence-corrected chi connectivity index (χ4v) is 5.49. The second-order valence-corrected chi connectivity index (χ2v) is 9.20. The van der Waals surface area contributed by atoms with Gasteiger partial charge in [0, 0.05) is 0 Å². The van der Waals surface area contributed by atoms with E-state index in [0.29, 0.717) is 17.9 Å². The largest absolute Gasteiger partial charge is 0.423 e. The minimum atomic E-state index is -1.04. The molecular weight excluding hydrogens is 370 g/mol. The molecule has 162 valence electrons. The molecular formula is C25H36F2O2. The molecule has 1 aromatic carbocycles. The van der Waals surface area contributed by atoms with Gasteiger partial charge < -0.3 is 4.74 Å². The van der Waals surface area contributed by atoms with Gasteiger partial charge in [-0.05, 0) is 74.3 Å². The summed E-state index contributed by atoms with van der Waals surface area (Å²) >= 11 is 0. The van der Waals surface area contributed by atoms with Crippen molar-refractivity contribution in [3.8, 4) is 5.75 Å². The van der Waals surface area contributed by atoms with Crippen LogP contribution in [0.2, 0.25) is 0 Å². The summed E-state index contributed by atoms with van der Waals surface area (Å²) in [4.78, 5) is 12.5. The molecule has 2 saturated carbocycles. The normalized spacial score (nSPS) is 27.6. The lowest BCUT2D eigenvalue weighted by molar-refractivity contribution is -0.140. The van der Waals surface area contributed by atoms with Crippen molar-refractivity contribution in [1.82, 2.24) is 0 Å². The Morgan fingerprint density at radius 3 is 2.10 bits per heavy atom. The van der Waals surface area contributed by atoms with Gasteiger partial charge in [0.05, 0.1) is 5.92 Å². The molecule has 2 fully saturated rings. The van der Waals surface area contributed by atoms with E-state index in [1.807, 2.05) is 6.92 Å². The summed E-state index contributed by atoms with van der Waals surface area (Å²) in [7, 11) is 0. The molecule has 0 aliphatic heterocycles. The number of halogens is 2. The van der Waals surface area contributed by atoms with Crippen LogP contribution in [-0.4, -0.2) is 5.97 Å². The van der Waals surface area contributed by atoms with Crippen LogP contribution in [0, 0.1) is 35.3 Å². The van der Waals surface area contributed by atoms with Crippen LogP contribution in [0.4, 0.5) is 8.78 Å². The van der Waals surface area contributed by atoms with Gasteiger partial charge in [0.2, 0.25) is 5.82 Å². The van der Waals surface area contributed by atoms with E-state index in [1.165, 1.54) is 50.7 Å². The first-order chi connectivity index (χ1) is 14.0. The first kappa shape index (κ1) is 22.2. The standard InChI is InChI=1S/C25H36F2O2/c1-3-5-17-7-9-18(10-8-17)19-11-13-21(14-12-19)25(28)29-22-16-15-20(6-4-2)23(26)24(22)27/h15-19,21H,3-14H2,1-2H3/t17-,18-,19-,21-. The third-order valence-corrected chi connectivity index (χ3v) is 7.22. The molecule has 4 heteroatoms. The van der Waals surface area contributed by atoms with E-state index in [2.05, 4.69) is 6.92 Å². The molecule has 0 atom stereocenters. The maximum Gasteiger partial charge on any atom is 0.314 e. The molecule has 0 spiro atoms. The topological polar surface area (TPSA) is 26.3 Å². The van der Waals surface area contributed by atoms with Gasteiger partial charge in [-0.2, -0.15) is 4.39 Å². The number of carbonyl (C=O) groups excluding carboxylic acids is 1. The molecule has 0 bridgehead atoms. The number of benzene rings is 1. The number of hydrogen-bond acceptors (Lipinski definition) is 2. The van der Waals surface area contributed by atoms with Crippen LogP contribution in [0.1, 0.15) is 90.0 Å². The first-order valence-corrected chi connectivity index (χ1v) is 11.7. The molecule has 2 aliphatic rings. The van der Waals surface area contributed by atoms with Crippen molar-refractivity contribution in [1.29, 1.82) is 0 Å². The fraction of sp³-hybridized carbons (Fsp3) is 0.720. The van der Waals surface area contributed by atoms with Gasteiger partial charge in [-0.15, -0.1) is 0 Å². The van der Waals surface area contributed by atoms with E-state index < -0.39 is 17.6 Å². The highest BCUT2D eigenvalue weighted by Crippen LogP contribution is 2.42. The van der Waals surface area contributed by atoms with E-state index in [1.54, 1.807) is 0 Å². The van der Waals surface area contributed by atoms with Gasteiger partial charge in [-0.3, -0.25) is 4.79 Å². The summed E-state index contributed by atoms with van der Waals surface area (Å²) < 4.78 is 33.6. The predicted molar refractivity (Wildman–Crippen MR) is 112 cm³/mol. The average Bonchev–Trinajstić information content (AvgIpc) is 2.74. The molecule has 2 nitrogen and oxygen atoms in total. The van der Waals surface area contributed by atoms with E-state index >= 15 is 0 Å². The van der Waals surface area contributed by atoms with Gasteiger partial charge in [-0.1, -0.05) is 52.0 Å². The van der Waals surface area contributed by atoms with Crippen LogP contribution in [-0.2, 0) is 11.2 Å². The maximum atomic E-state index is 14.3. The highest BCUT2D eigenvalue weighted by atomic mass is 19.2. The Labute approximate surface area is 174 Å². The molecule has 3 rings (SSSR count). The molecule has 0 radical (unpaired) electrons. The summed E-state index contributed by atoms with van der Waals surface area (Å²) in [5.41, 5.74) is 0.332. The van der Waals surface area contributed by atoms with Crippen molar-refractivity contribution in [2.45, 2.75) is 90.9 Å². The van der Waals surface area contributed by atoms with Crippen molar-refractivity contribution in [3.05, 3.63) is 29.3 Å². The minimum Gasteiger partial charge on any atom is -0.423 e. The second kappa shape index (κ2) is 10.5. The lowest BCUT2D eigenvalue weighted by Crippen LogP contribution is -2.30. The molecule has 1 aromatic rings. The summed E-state index contributed by atoms with van der Waals surface area (Å²) in [5, 5.41) is 0. The van der Waals surface area contributed by atoms with Crippen molar-refractivity contribution >= 4 is 5.97 Å². The van der Waals surface area contributed by atoms with E-state index in [0.717, 1.165) is 43.9 Å². The number of carbonyl (C=O) groups is 1. The van der Waals surface area contributed by atoms with Crippen LogP contribution in [0.25, 0.3) is 0 Å². The summed E-state index contributed by atoms with van der Waals surface area (Å²) in [6.07, 6.45) is 12.9. The SMILES string of the molecule is CCCc1ccc(OC(=O)[C@H]2CC[C@H]([C@H]3CC[C@H](CCC)CC3)CC2)c(F)c1F. The zero-order chi connectivity index (χ0) is 20.8. The predicted octanol–water partition coefficient (Wildman–Crippen LogP) is 7.24. The van der Waals surface area contributed by atoms with E-state index in [-0.39, 0.29) is 11.7 Å². The van der Waals surface area contributed by atoms with Crippen LogP contribution < -0.4 is 4.74 Å². The molecule has 0 saturated heterocycles. The van der Waals surface area contributed by atoms with Gasteiger partial charge >= 0.3 is 5.97 Å². The van der Waals surface area contributed by atoms with Crippen LogP contribution in [0.5, 0.6) is 5.75 Å². The van der Waals surface area contributed by atoms with E-state index in [9.17, 15) is 13.6 Å². The third-order valence-electron chi connectivity index (χ3n) is 7.22. The van der Waals surface area contributed by atoms with Crippen molar-refractivity contribution in [2.24, 2.45) is 23.7 Å². The smallest absolute Gasteiger partial charge is 0.314 e. The Bertz CT molecular complexity index is 672. The number of hydrogen-bond donors (Lipinski definition) is 0. The summed E-state index contributed by atoms with van der Waals surface area (Å²) in [5.74, 6) is -0.370. The van der Waals surface area contributed by atoms with Gasteiger partial charge in [0.25, 0.3) is 0 Å². The number of esters is 1. The Hall–Kier alpha value is -1.45. The van der Waals surface area contributed by atoms with Crippen LogP contribution >= 0.6 is 0 Å². The number of aryl methyl sites for hydroxylation is 1. The van der Waals surface area contributed by atoms with Crippen LogP contribution in [0.3, 0.4) is 0 Å². The van der Waals surface area contributed by atoms with Crippen molar-refractivity contribution < 1.29 is 18.3 Å². The van der Waals surface area contributed by atoms with Crippen molar-refractivity contribution in [2.75, 3.05) is 0 Å². The molecule has 0 aromatic heterocycles. The summed E-state index contributed by atoms with van der Waals surface area (Å²) in [6.45, 7) is 4.19. The lowest BCUT2D eigenvalue weighted by Gasteiger charge is -2.37. The number of rotatable bonds is 7. The molecule has 0 unspecified atom stereocenters. The molecule has 0 amide bonds. The molecule has 0 heterocycles. The van der Waals surface area contributed by atoms with Crippen molar-refractivity contribution in [3.63, 3.8) is 0 Å². The number of ether oxygens (including phenoxy) is 1. The lowest BCUT2D eigenvalue weighted by atomic mass is 9.69. The zero-order valence-electron chi connectivity index (χ0n) is 18.0. The van der Waals surface area contributed by atoms with Gasteiger partial charge in [0.15, 0.2) is 11.6 Å². The van der Waals surface area contributed by atoms with E-state index in [4.69, 9.17) is 4.74 Å². The molecule has 29 heavy (non-hydrogen) atoms. The fourth-order valence-electron chi connectivity index (χ4n) is 5.49. The maximum absolute atomic E-state index is 14.3. The molecule has 0 N–H and O–H groups in total. The minimum absolute atomic E-state index is 0.194. The quantitative estimate of drug-likeness (QED) is 0.352. The average molecular weight is 407 g/mol. The highest BCUT2D eigenvalue weighted by molar-refractivity contribution is 5.75. The Morgan fingerprint density at radius 2 is 1.52 bits per heavy atom. The van der Waals surface area contributed by atoms with Gasteiger partial charge in [-0.25, -0.2) is 4.39 Å². The van der Waals surface area contributed by atoms with Crippen LogP contribution in [0.15, 0.2) is 12.1 Å². The van der Waals surface area contributed by atoms with Gasteiger partial charge in [0.1, 0.15) is 0 Å². The molecule has 2 aliphatic carbocycles. The highest BCUT2D eigenvalue weighted by Gasteiger charge is 2.34. The summed E-state index contributed by atoms with van der Waals surface area (Å²) in [6, 6.07) is 2.91. The monoisotopic (exact) mass is 406 g/mol. The first-order valence-electron chi connectivity index (χ1n) is 11.7. The Balaban J connectivity index is 1.49. The third kappa shape index (κ3) is 5.58. The Morgan fingerprint density at radius 1 is 0.897 bits per heavy atom. The zero-order valence-corrected chi connectivity index (χ0v) is 18.0. The second-order valence-electron chi connectivity index (χ2n) is 9.20.